The van der Waals surface area contributed by atoms with Crippen LogP contribution in [0, 0.1) is 5.82 Å². The molecule has 0 atom stereocenters. The van der Waals surface area contributed by atoms with Crippen molar-refractivity contribution in [2.75, 3.05) is 13.1 Å². The summed E-state index contributed by atoms with van der Waals surface area (Å²) in [6.07, 6.45) is 4.69. The molecule has 0 spiro atoms. The van der Waals surface area contributed by atoms with E-state index in [1.807, 2.05) is 0 Å². The van der Waals surface area contributed by atoms with Gasteiger partial charge in [0, 0.05) is 25.1 Å². The van der Waals surface area contributed by atoms with Crippen molar-refractivity contribution in [1.29, 1.82) is 0 Å². The van der Waals surface area contributed by atoms with Crippen LogP contribution < -0.4 is 5.56 Å². The quantitative estimate of drug-likeness (QED) is 0.846. The van der Waals surface area contributed by atoms with Gasteiger partial charge in [-0.25, -0.2) is 9.49 Å². The molecule has 1 aromatic heterocycles. The summed E-state index contributed by atoms with van der Waals surface area (Å²) in [5.74, 6) is -0.890. The Labute approximate surface area is 162 Å². The lowest BCUT2D eigenvalue weighted by molar-refractivity contribution is 0.0542. The summed E-state index contributed by atoms with van der Waals surface area (Å²) in [6.45, 7) is 0.858. The lowest BCUT2D eigenvalue weighted by Gasteiger charge is -2.29. The highest BCUT2D eigenvalue weighted by Crippen LogP contribution is 2.23. The van der Waals surface area contributed by atoms with E-state index in [2.05, 4.69) is 10.2 Å². The number of H-pyrrole nitrogens is 1. The van der Waals surface area contributed by atoms with Crippen LogP contribution in [0.4, 0.5) is 4.39 Å². The normalized spacial score (nSPS) is 17.4. The van der Waals surface area contributed by atoms with Crippen molar-refractivity contribution in [2.24, 2.45) is 0 Å². The maximum absolute atomic E-state index is 14.4. The van der Waals surface area contributed by atoms with Gasteiger partial charge in [0.25, 0.3) is 11.5 Å². The number of likely N-dealkylation sites (tertiary alicyclic amines) is 1. The molecule has 0 bridgehead atoms. The molecule has 1 amide bonds. The molecule has 1 aliphatic heterocycles. The summed E-state index contributed by atoms with van der Waals surface area (Å²) in [7, 11) is 0. The smallest absolute Gasteiger partial charge is 0.267 e. The van der Waals surface area contributed by atoms with Crippen molar-refractivity contribution in [3.63, 3.8) is 0 Å². The van der Waals surface area contributed by atoms with E-state index >= 15 is 0 Å². The van der Waals surface area contributed by atoms with Gasteiger partial charge in [-0.05, 0) is 61.8 Å². The highest BCUT2D eigenvalue weighted by Gasteiger charge is 2.25. The fraction of sp³-hybridized carbons (Fsp3) is 0.476. The second-order valence-electron chi connectivity index (χ2n) is 7.68. The molecule has 7 heteroatoms. The topological polar surface area (TPSA) is 86.3 Å². The minimum Gasteiger partial charge on any atom is -0.393 e. The predicted octanol–water partition coefficient (Wildman–Crippen LogP) is 1.98. The molecule has 2 aromatic rings. The Morgan fingerprint density at radius 1 is 1.21 bits per heavy atom. The van der Waals surface area contributed by atoms with Crippen molar-refractivity contribution in [1.82, 2.24) is 15.1 Å². The lowest BCUT2D eigenvalue weighted by atomic mass is 9.90. The first kappa shape index (κ1) is 18.8. The van der Waals surface area contributed by atoms with E-state index in [9.17, 15) is 19.1 Å². The molecular weight excluding hydrogens is 361 g/mol. The molecule has 1 aliphatic carbocycles. The fourth-order valence-electron chi connectivity index (χ4n) is 4.15. The van der Waals surface area contributed by atoms with Crippen molar-refractivity contribution >= 4 is 5.91 Å². The monoisotopic (exact) mass is 385 g/mol. The number of rotatable bonds is 3. The number of fused-ring (bicyclic) bond motifs is 1. The average molecular weight is 385 g/mol. The number of nitrogens with zero attached hydrogens (tertiary/aromatic N) is 2. The molecule has 1 aromatic carbocycles. The second kappa shape index (κ2) is 7.83. The van der Waals surface area contributed by atoms with Gasteiger partial charge in [-0.3, -0.25) is 9.59 Å². The van der Waals surface area contributed by atoms with Gasteiger partial charge in [0.1, 0.15) is 5.82 Å². The number of benzene rings is 1. The Balaban J connectivity index is 1.60. The van der Waals surface area contributed by atoms with Gasteiger partial charge in [0.15, 0.2) is 0 Å². The fourth-order valence-corrected chi connectivity index (χ4v) is 4.15. The molecule has 0 radical (unpaired) electrons. The summed E-state index contributed by atoms with van der Waals surface area (Å²) in [5, 5.41) is 16.4. The number of aromatic amines is 1. The van der Waals surface area contributed by atoms with Crippen LogP contribution in [0.2, 0.25) is 0 Å². The molecule has 0 saturated carbocycles. The molecule has 2 aliphatic rings. The Hall–Kier alpha value is -2.54. The van der Waals surface area contributed by atoms with Gasteiger partial charge in [-0.2, -0.15) is 5.10 Å². The van der Waals surface area contributed by atoms with E-state index in [1.165, 1.54) is 6.07 Å². The zero-order valence-corrected chi connectivity index (χ0v) is 15.7. The number of amides is 1. The predicted molar refractivity (Wildman–Crippen MR) is 102 cm³/mol. The van der Waals surface area contributed by atoms with Gasteiger partial charge in [-0.1, -0.05) is 6.07 Å². The van der Waals surface area contributed by atoms with Gasteiger partial charge < -0.3 is 10.0 Å². The number of hydrogen-bond donors (Lipinski definition) is 2. The molecule has 28 heavy (non-hydrogen) atoms. The third-order valence-corrected chi connectivity index (χ3v) is 5.77. The highest BCUT2D eigenvalue weighted by atomic mass is 19.1. The minimum absolute atomic E-state index is 0.0483. The maximum atomic E-state index is 14.4. The number of carbonyl (C=O) groups excluding carboxylic acids is 1. The van der Waals surface area contributed by atoms with Crippen LogP contribution in [0.3, 0.4) is 0 Å². The molecule has 148 valence electrons. The molecule has 0 unspecified atom stereocenters. The molecule has 1 fully saturated rings. The van der Waals surface area contributed by atoms with Crippen molar-refractivity contribution < 1.29 is 14.3 Å². The molecule has 4 rings (SSSR count). The van der Waals surface area contributed by atoms with Gasteiger partial charge >= 0.3 is 0 Å². The Kier molecular flexibility index (Phi) is 5.26. The lowest BCUT2D eigenvalue weighted by Crippen LogP contribution is -2.40. The van der Waals surface area contributed by atoms with Gasteiger partial charge in [0.05, 0.1) is 17.4 Å². The number of piperidine rings is 1. The number of hydrogen-bond acceptors (Lipinski definition) is 4. The zero-order chi connectivity index (χ0) is 19.7. The first-order valence-electron chi connectivity index (χ1n) is 9.88. The summed E-state index contributed by atoms with van der Waals surface area (Å²) in [4.78, 5) is 26.4. The first-order valence-corrected chi connectivity index (χ1v) is 9.88. The largest absolute Gasteiger partial charge is 0.393 e. The molecule has 6 nitrogen and oxygen atoms in total. The molecular formula is C21H24FN3O3. The third kappa shape index (κ3) is 3.71. The highest BCUT2D eigenvalue weighted by molar-refractivity contribution is 5.94. The molecule has 2 heterocycles. The standard InChI is InChI=1S/C21H24FN3O3/c22-18-6-5-13(11-17(18)21(28)25-9-7-14(26)8-10-25)12-19-15-3-1-2-4-16(15)20(27)24-23-19/h5-6,11,14,26H,1-4,7-10,12H2,(H,24,27). The van der Waals surface area contributed by atoms with Crippen molar-refractivity contribution in [3.8, 4) is 0 Å². The minimum atomic E-state index is -0.545. The Morgan fingerprint density at radius 2 is 1.93 bits per heavy atom. The van der Waals surface area contributed by atoms with Crippen LogP contribution in [-0.4, -0.2) is 45.3 Å². The van der Waals surface area contributed by atoms with Gasteiger partial charge in [-0.15, -0.1) is 0 Å². The summed E-state index contributed by atoms with van der Waals surface area (Å²) < 4.78 is 14.4. The van der Waals surface area contributed by atoms with E-state index in [1.54, 1.807) is 17.0 Å². The van der Waals surface area contributed by atoms with Crippen LogP contribution in [0.1, 0.15) is 58.4 Å². The van der Waals surface area contributed by atoms with Crippen LogP contribution >= 0.6 is 0 Å². The van der Waals surface area contributed by atoms with Crippen LogP contribution in [0.25, 0.3) is 0 Å². The first-order chi connectivity index (χ1) is 13.5. The van der Waals surface area contributed by atoms with E-state index in [-0.39, 0.29) is 17.0 Å². The van der Waals surface area contributed by atoms with Crippen LogP contribution in [0.15, 0.2) is 23.0 Å². The SMILES string of the molecule is O=C(c1cc(Cc2n[nH]c(=O)c3c2CCCC3)ccc1F)N1CCC(O)CC1. The van der Waals surface area contributed by atoms with E-state index in [0.29, 0.717) is 32.4 Å². The zero-order valence-electron chi connectivity index (χ0n) is 15.7. The number of nitrogens with one attached hydrogen (secondary N) is 1. The maximum Gasteiger partial charge on any atom is 0.267 e. The number of aromatic nitrogens is 2. The van der Waals surface area contributed by atoms with Crippen molar-refractivity contribution in [3.05, 3.63) is 62.3 Å². The van der Waals surface area contributed by atoms with E-state index in [4.69, 9.17) is 0 Å². The summed E-state index contributed by atoms with van der Waals surface area (Å²) >= 11 is 0. The molecule has 2 N–H and O–H groups in total. The second-order valence-corrected chi connectivity index (χ2v) is 7.68. The third-order valence-electron chi connectivity index (χ3n) is 5.77. The average Bonchev–Trinajstić information content (AvgIpc) is 2.72. The van der Waals surface area contributed by atoms with Crippen LogP contribution in [0.5, 0.6) is 0 Å². The number of halogens is 1. The van der Waals surface area contributed by atoms with Crippen molar-refractivity contribution in [2.45, 2.75) is 51.0 Å². The Morgan fingerprint density at radius 3 is 2.68 bits per heavy atom. The number of carbonyl (C=O) groups is 1. The Bertz CT molecular complexity index is 948. The molecule has 1 saturated heterocycles. The summed E-state index contributed by atoms with van der Waals surface area (Å²) in [6, 6.07) is 4.57. The summed E-state index contributed by atoms with van der Waals surface area (Å²) in [5.41, 5.74) is 3.31. The van der Waals surface area contributed by atoms with E-state index < -0.39 is 11.9 Å². The van der Waals surface area contributed by atoms with E-state index in [0.717, 1.165) is 48.1 Å². The number of aliphatic hydroxyl groups is 1. The number of aliphatic hydroxyl groups excluding tert-OH is 1. The van der Waals surface area contributed by atoms with Gasteiger partial charge in [0.2, 0.25) is 0 Å². The van der Waals surface area contributed by atoms with Crippen LogP contribution in [-0.2, 0) is 19.3 Å².